The predicted octanol–water partition coefficient (Wildman–Crippen LogP) is 5.91. The van der Waals surface area contributed by atoms with Gasteiger partial charge in [0.15, 0.2) is 5.78 Å². The number of aryl methyl sites for hydroxylation is 2. The van der Waals surface area contributed by atoms with Crippen LogP contribution in [-0.2, 0) is 5.41 Å². The molecule has 0 heterocycles. The molecule has 0 saturated heterocycles. The Kier molecular flexibility index (Phi) is 4.23. The van der Waals surface area contributed by atoms with Gasteiger partial charge in [0.1, 0.15) is 16.9 Å². The van der Waals surface area contributed by atoms with Crippen LogP contribution in [0.15, 0.2) is 84.9 Å². The molecule has 31 heavy (non-hydrogen) atoms. The van der Waals surface area contributed by atoms with Crippen molar-refractivity contribution in [1.82, 2.24) is 0 Å². The van der Waals surface area contributed by atoms with Crippen molar-refractivity contribution in [3.63, 3.8) is 0 Å². The number of rotatable bonds is 2. The van der Waals surface area contributed by atoms with E-state index in [0.717, 1.165) is 38.9 Å². The van der Waals surface area contributed by atoms with Crippen LogP contribution in [0.2, 0.25) is 0 Å². The molecule has 0 radical (unpaired) electrons. The first kappa shape index (κ1) is 19.1. The Hall–Kier alpha value is -3.85. The number of fused-ring (bicyclic) bond motifs is 3. The third-order valence-electron chi connectivity index (χ3n) is 6.23. The second-order valence-corrected chi connectivity index (χ2v) is 8.27. The summed E-state index contributed by atoms with van der Waals surface area (Å²) in [5.74, 6) is 0.280. The Morgan fingerprint density at radius 3 is 1.61 bits per heavy atom. The Labute approximate surface area is 181 Å². The molecular weight excluding hydrogens is 384 g/mol. The molecule has 3 heteroatoms. The molecule has 0 aromatic heterocycles. The van der Waals surface area contributed by atoms with E-state index in [1.165, 1.54) is 0 Å². The van der Waals surface area contributed by atoms with Crippen LogP contribution in [0.5, 0.6) is 11.5 Å². The van der Waals surface area contributed by atoms with E-state index in [1.54, 1.807) is 24.3 Å². The molecule has 1 aliphatic carbocycles. The molecule has 1 aliphatic rings. The quantitative estimate of drug-likeness (QED) is 0.435. The monoisotopic (exact) mass is 406 g/mol. The predicted molar refractivity (Wildman–Crippen MR) is 122 cm³/mol. The van der Waals surface area contributed by atoms with Crippen molar-refractivity contribution in [3.8, 4) is 22.6 Å². The van der Waals surface area contributed by atoms with Crippen LogP contribution in [0.1, 0.15) is 38.2 Å². The van der Waals surface area contributed by atoms with Crippen LogP contribution in [0.3, 0.4) is 0 Å². The fourth-order valence-electron chi connectivity index (χ4n) is 4.77. The standard InChI is InChI=1S/C28H22O3/c1-17-3-13-23-24-14-4-18(2)16-26(24)28(27(31)25(23)15-17,19-5-9-21(29)10-6-19)20-7-11-22(30)12-8-20/h3-16,29-30H,1-2H3. The minimum absolute atomic E-state index is 0.0133. The minimum atomic E-state index is -1.09. The van der Waals surface area contributed by atoms with E-state index < -0.39 is 5.41 Å². The first-order valence-electron chi connectivity index (χ1n) is 10.3. The molecule has 0 amide bonds. The molecule has 0 unspecified atom stereocenters. The van der Waals surface area contributed by atoms with Gasteiger partial charge in [-0.3, -0.25) is 4.79 Å². The highest BCUT2D eigenvalue weighted by Crippen LogP contribution is 2.51. The molecule has 0 fully saturated rings. The first-order chi connectivity index (χ1) is 14.9. The molecule has 0 atom stereocenters. The zero-order valence-corrected chi connectivity index (χ0v) is 17.4. The molecule has 0 bridgehead atoms. The molecule has 4 aromatic rings. The van der Waals surface area contributed by atoms with Crippen LogP contribution in [0.25, 0.3) is 11.1 Å². The maximum absolute atomic E-state index is 14.4. The van der Waals surface area contributed by atoms with Gasteiger partial charge < -0.3 is 10.2 Å². The van der Waals surface area contributed by atoms with Crippen molar-refractivity contribution in [1.29, 1.82) is 0 Å². The van der Waals surface area contributed by atoms with Gasteiger partial charge in [0.25, 0.3) is 0 Å². The highest BCUT2D eigenvalue weighted by Gasteiger charge is 2.49. The second kappa shape index (κ2) is 6.85. The molecule has 152 valence electrons. The summed E-state index contributed by atoms with van der Waals surface area (Å²) in [5, 5.41) is 19.9. The highest BCUT2D eigenvalue weighted by molar-refractivity contribution is 6.16. The summed E-state index contributed by atoms with van der Waals surface area (Å²) in [7, 11) is 0. The van der Waals surface area contributed by atoms with Gasteiger partial charge in [0, 0.05) is 5.56 Å². The van der Waals surface area contributed by atoms with Crippen molar-refractivity contribution in [3.05, 3.63) is 118 Å². The fraction of sp³-hybridized carbons (Fsp3) is 0.107. The zero-order valence-electron chi connectivity index (χ0n) is 17.4. The van der Waals surface area contributed by atoms with Gasteiger partial charge in [0.2, 0.25) is 0 Å². The molecular formula is C28H22O3. The molecule has 4 aromatic carbocycles. The largest absolute Gasteiger partial charge is 0.508 e. The van der Waals surface area contributed by atoms with Crippen LogP contribution >= 0.6 is 0 Å². The van der Waals surface area contributed by atoms with E-state index in [9.17, 15) is 15.0 Å². The summed E-state index contributed by atoms with van der Waals surface area (Å²) in [6.07, 6.45) is 0. The second-order valence-electron chi connectivity index (χ2n) is 8.27. The summed E-state index contributed by atoms with van der Waals surface area (Å²) < 4.78 is 0. The van der Waals surface area contributed by atoms with Gasteiger partial charge in [-0.1, -0.05) is 65.7 Å². The Balaban J connectivity index is 1.96. The third kappa shape index (κ3) is 2.77. The minimum Gasteiger partial charge on any atom is -0.508 e. The van der Waals surface area contributed by atoms with Gasteiger partial charge in [-0.15, -0.1) is 0 Å². The molecule has 2 N–H and O–H groups in total. The number of hydrogen-bond acceptors (Lipinski definition) is 3. The average molecular weight is 406 g/mol. The molecule has 3 nitrogen and oxygen atoms in total. The normalized spacial score (nSPS) is 14.1. The fourth-order valence-corrected chi connectivity index (χ4v) is 4.77. The summed E-state index contributed by atoms with van der Waals surface area (Å²) in [5.41, 5.74) is 6.07. The number of ketones is 1. The lowest BCUT2D eigenvalue weighted by Gasteiger charge is -2.40. The Morgan fingerprint density at radius 1 is 0.581 bits per heavy atom. The Bertz CT molecular complexity index is 1270. The summed E-state index contributed by atoms with van der Waals surface area (Å²) >= 11 is 0. The topological polar surface area (TPSA) is 57.5 Å². The van der Waals surface area contributed by atoms with E-state index in [-0.39, 0.29) is 17.3 Å². The van der Waals surface area contributed by atoms with Gasteiger partial charge in [-0.25, -0.2) is 0 Å². The van der Waals surface area contributed by atoms with Crippen molar-refractivity contribution < 1.29 is 15.0 Å². The van der Waals surface area contributed by atoms with Crippen LogP contribution in [-0.4, -0.2) is 16.0 Å². The lowest BCUT2D eigenvalue weighted by atomic mass is 9.60. The lowest BCUT2D eigenvalue weighted by Crippen LogP contribution is -2.41. The van der Waals surface area contributed by atoms with Crippen LogP contribution in [0.4, 0.5) is 0 Å². The molecule has 5 rings (SSSR count). The number of aromatic hydroxyl groups is 2. The van der Waals surface area contributed by atoms with Crippen molar-refractivity contribution in [2.45, 2.75) is 19.3 Å². The van der Waals surface area contributed by atoms with Gasteiger partial charge in [-0.2, -0.15) is 0 Å². The number of benzene rings is 4. The first-order valence-corrected chi connectivity index (χ1v) is 10.3. The van der Waals surface area contributed by atoms with Gasteiger partial charge >= 0.3 is 0 Å². The number of carbonyl (C=O) groups excluding carboxylic acids is 1. The number of phenolic OH excluding ortho intramolecular Hbond substituents is 2. The van der Waals surface area contributed by atoms with Crippen LogP contribution < -0.4 is 0 Å². The molecule has 0 saturated carbocycles. The number of Topliss-reactive ketones (excluding diaryl/α,β-unsaturated/α-hetero) is 1. The number of hydrogen-bond donors (Lipinski definition) is 2. The summed E-state index contributed by atoms with van der Waals surface area (Å²) in [6, 6.07) is 26.0. The van der Waals surface area contributed by atoms with Crippen molar-refractivity contribution in [2.24, 2.45) is 0 Å². The van der Waals surface area contributed by atoms with E-state index in [4.69, 9.17) is 0 Å². The SMILES string of the molecule is Cc1ccc2c(c1)C(=O)C(c1ccc(O)cc1)(c1ccc(O)cc1)c1cc(C)ccc1-2. The number of carbonyl (C=O) groups is 1. The van der Waals surface area contributed by atoms with Gasteiger partial charge in [0.05, 0.1) is 0 Å². The maximum Gasteiger partial charge on any atom is 0.182 e. The van der Waals surface area contributed by atoms with Gasteiger partial charge in [-0.05, 0) is 72.0 Å². The molecule has 0 aliphatic heterocycles. The van der Waals surface area contributed by atoms with Crippen LogP contribution in [0, 0.1) is 13.8 Å². The lowest BCUT2D eigenvalue weighted by molar-refractivity contribution is 0.0933. The third-order valence-corrected chi connectivity index (χ3v) is 6.23. The zero-order chi connectivity index (χ0) is 21.8. The number of phenols is 2. The summed E-state index contributed by atoms with van der Waals surface area (Å²) in [6.45, 7) is 4.01. The Morgan fingerprint density at radius 2 is 1.06 bits per heavy atom. The highest BCUT2D eigenvalue weighted by atomic mass is 16.3. The smallest absolute Gasteiger partial charge is 0.182 e. The van der Waals surface area contributed by atoms with Crippen molar-refractivity contribution >= 4 is 5.78 Å². The molecule has 0 spiro atoms. The van der Waals surface area contributed by atoms with E-state index in [1.807, 2.05) is 56.3 Å². The summed E-state index contributed by atoms with van der Waals surface area (Å²) in [4.78, 5) is 14.4. The van der Waals surface area contributed by atoms with Crippen molar-refractivity contribution in [2.75, 3.05) is 0 Å². The average Bonchev–Trinajstić information content (AvgIpc) is 2.76. The van der Waals surface area contributed by atoms with E-state index in [2.05, 4.69) is 18.2 Å². The maximum atomic E-state index is 14.4. The van der Waals surface area contributed by atoms with E-state index >= 15 is 0 Å². The van der Waals surface area contributed by atoms with E-state index in [0.29, 0.717) is 5.56 Å².